The minimum Gasteiger partial charge on any atom is -0.462 e. The van der Waals surface area contributed by atoms with Crippen LogP contribution in [-0.4, -0.2) is 39.8 Å². The van der Waals surface area contributed by atoms with Gasteiger partial charge in [-0.05, 0) is 24.6 Å². The lowest BCUT2D eigenvalue weighted by atomic mass is 10.1. The molecular formula is C15H18O6S. The number of esters is 2. The summed E-state index contributed by atoms with van der Waals surface area (Å²) in [4.78, 5) is 22.8. The van der Waals surface area contributed by atoms with E-state index >= 15 is 0 Å². The molecule has 0 aromatic heterocycles. The molecule has 0 saturated carbocycles. The minimum atomic E-state index is -3.25. The monoisotopic (exact) mass is 326 g/mol. The summed E-state index contributed by atoms with van der Waals surface area (Å²) in [6.45, 7) is 4.87. The van der Waals surface area contributed by atoms with Crippen molar-refractivity contribution in [1.82, 2.24) is 0 Å². The molecule has 0 N–H and O–H groups in total. The zero-order valence-corrected chi connectivity index (χ0v) is 13.3. The fourth-order valence-electron chi connectivity index (χ4n) is 1.49. The summed E-state index contributed by atoms with van der Waals surface area (Å²) in [5.74, 6) is -1.02. The van der Waals surface area contributed by atoms with Crippen molar-refractivity contribution < 1.29 is 27.5 Å². The van der Waals surface area contributed by atoms with E-state index in [2.05, 4.69) is 6.58 Å². The summed E-state index contributed by atoms with van der Waals surface area (Å²) in [5.41, 5.74) is 0.911. The first-order valence-electron chi connectivity index (χ1n) is 6.47. The van der Waals surface area contributed by atoms with E-state index in [-0.39, 0.29) is 30.1 Å². The molecule has 0 amide bonds. The van der Waals surface area contributed by atoms with Crippen molar-refractivity contribution in [3.8, 4) is 0 Å². The highest BCUT2D eigenvalue weighted by molar-refractivity contribution is 7.90. The van der Waals surface area contributed by atoms with Crippen LogP contribution in [0.2, 0.25) is 0 Å². The molecule has 0 aliphatic carbocycles. The van der Waals surface area contributed by atoms with Crippen LogP contribution in [0.15, 0.2) is 41.3 Å². The van der Waals surface area contributed by atoms with Crippen LogP contribution in [0.3, 0.4) is 0 Å². The van der Waals surface area contributed by atoms with Crippen molar-refractivity contribution >= 4 is 21.8 Å². The van der Waals surface area contributed by atoms with Gasteiger partial charge in [-0.15, -0.1) is 0 Å². The molecule has 0 bridgehead atoms. The normalized spacial score (nSPS) is 10.8. The third kappa shape index (κ3) is 6.09. The van der Waals surface area contributed by atoms with E-state index < -0.39 is 21.8 Å². The van der Waals surface area contributed by atoms with E-state index in [1.54, 1.807) is 12.1 Å². The highest BCUT2D eigenvalue weighted by Crippen LogP contribution is 2.11. The van der Waals surface area contributed by atoms with Gasteiger partial charge in [0, 0.05) is 11.8 Å². The van der Waals surface area contributed by atoms with Crippen LogP contribution in [0.1, 0.15) is 12.5 Å². The Labute approximate surface area is 129 Å². The molecular weight excluding hydrogens is 308 g/mol. The quantitative estimate of drug-likeness (QED) is 0.426. The maximum absolute atomic E-state index is 11.6. The van der Waals surface area contributed by atoms with Gasteiger partial charge in [0.05, 0.1) is 11.3 Å². The number of carbonyl (C=O) groups excluding carboxylic acids is 2. The molecule has 22 heavy (non-hydrogen) atoms. The Morgan fingerprint density at radius 2 is 1.64 bits per heavy atom. The average molecular weight is 326 g/mol. The van der Waals surface area contributed by atoms with Crippen molar-refractivity contribution in [3.63, 3.8) is 0 Å². The van der Waals surface area contributed by atoms with Crippen molar-refractivity contribution in [1.29, 1.82) is 0 Å². The van der Waals surface area contributed by atoms with Gasteiger partial charge in [0.1, 0.15) is 13.2 Å². The van der Waals surface area contributed by atoms with E-state index in [0.29, 0.717) is 5.56 Å². The smallest absolute Gasteiger partial charge is 0.333 e. The van der Waals surface area contributed by atoms with Crippen LogP contribution in [0, 0.1) is 0 Å². The van der Waals surface area contributed by atoms with Crippen LogP contribution < -0.4 is 0 Å². The Hall–Kier alpha value is -2.15. The minimum absolute atomic E-state index is 0.0124. The number of hydrogen-bond acceptors (Lipinski definition) is 6. The molecule has 1 aromatic rings. The first kappa shape index (κ1) is 17.9. The Balaban J connectivity index is 2.39. The van der Waals surface area contributed by atoms with Crippen molar-refractivity contribution in [2.75, 3.05) is 19.5 Å². The SMILES string of the molecule is C=C(C)C(=O)OCCOC(=O)Cc1ccc(S(C)(=O)=O)cc1. The molecule has 1 aromatic carbocycles. The van der Waals surface area contributed by atoms with Crippen LogP contribution in [0.25, 0.3) is 0 Å². The molecule has 0 aliphatic heterocycles. The second-order valence-corrected chi connectivity index (χ2v) is 6.75. The number of ether oxygens (including phenoxy) is 2. The number of benzene rings is 1. The molecule has 7 heteroatoms. The lowest BCUT2D eigenvalue weighted by Crippen LogP contribution is -2.15. The van der Waals surface area contributed by atoms with E-state index in [9.17, 15) is 18.0 Å². The molecule has 0 radical (unpaired) electrons. The summed E-state index contributed by atoms with van der Waals surface area (Å²) in [5, 5.41) is 0. The van der Waals surface area contributed by atoms with Crippen LogP contribution in [-0.2, 0) is 35.3 Å². The maximum Gasteiger partial charge on any atom is 0.333 e. The number of hydrogen-bond donors (Lipinski definition) is 0. The fraction of sp³-hybridized carbons (Fsp3) is 0.333. The largest absolute Gasteiger partial charge is 0.462 e. The summed E-state index contributed by atoms with van der Waals surface area (Å²) in [6.07, 6.45) is 1.13. The lowest BCUT2D eigenvalue weighted by Gasteiger charge is -2.06. The molecule has 0 fully saturated rings. The molecule has 0 aliphatic rings. The number of rotatable bonds is 7. The zero-order chi connectivity index (χ0) is 16.8. The van der Waals surface area contributed by atoms with E-state index in [0.717, 1.165) is 6.26 Å². The highest BCUT2D eigenvalue weighted by Gasteiger charge is 2.09. The first-order valence-corrected chi connectivity index (χ1v) is 8.36. The fourth-order valence-corrected chi connectivity index (χ4v) is 2.12. The standard InChI is InChI=1S/C15H18O6S/c1-11(2)15(17)21-9-8-20-14(16)10-12-4-6-13(7-5-12)22(3,18)19/h4-7H,1,8-10H2,2-3H3. The predicted molar refractivity (Wildman–Crippen MR) is 80.0 cm³/mol. The maximum atomic E-state index is 11.6. The third-order valence-corrected chi connectivity index (χ3v) is 3.76. The average Bonchev–Trinajstić information content (AvgIpc) is 2.42. The van der Waals surface area contributed by atoms with Crippen LogP contribution in [0.5, 0.6) is 0 Å². The van der Waals surface area contributed by atoms with Gasteiger partial charge in [-0.1, -0.05) is 18.7 Å². The van der Waals surface area contributed by atoms with Gasteiger partial charge in [0.15, 0.2) is 9.84 Å². The predicted octanol–water partition coefficient (Wildman–Crippen LogP) is 1.30. The summed E-state index contributed by atoms with van der Waals surface area (Å²) in [6, 6.07) is 5.98. The molecule has 0 saturated heterocycles. The summed E-state index contributed by atoms with van der Waals surface area (Å²) < 4.78 is 32.3. The van der Waals surface area contributed by atoms with E-state index in [4.69, 9.17) is 9.47 Å². The van der Waals surface area contributed by atoms with E-state index in [1.165, 1.54) is 19.1 Å². The highest BCUT2D eigenvalue weighted by atomic mass is 32.2. The van der Waals surface area contributed by atoms with Gasteiger partial charge in [-0.3, -0.25) is 4.79 Å². The van der Waals surface area contributed by atoms with Crippen molar-refractivity contribution in [2.24, 2.45) is 0 Å². The number of sulfone groups is 1. The topological polar surface area (TPSA) is 86.7 Å². The summed E-state index contributed by atoms with van der Waals surface area (Å²) in [7, 11) is -3.25. The first-order chi connectivity index (χ1) is 10.2. The summed E-state index contributed by atoms with van der Waals surface area (Å²) >= 11 is 0. The molecule has 1 rings (SSSR count). The molecule has 120 valence electrons. The van der Waals surface area contributed by atoms with Crippen molar-refractivity contribution in [3.05, 3.63) is 42.0 Å². The van der Waals surface area contributed by atoms with Gasteiger partial charge in [0.25, 0.3) is 0 Å². The Morgan fingerprint density at radius 3 is 2.14 bits per heavy atom. The molecule has 0 heterocycles. The van der Waals surface area contributed by atoms with Crippen LogP contribution >= 0.6 is 0 Å². The van der Waals surface area contributed by atoms with E-state index in [1.807, 2.05) is 0 Å². The van der Waals surface area contributed by atoms with Gasteiger partial charge in [-0.2, -0.15) is 0 Å². The van der Waals surface area contributed by atoms with Gasteiger partial charge in [0.2, 0.25) is 0 Å². The third-order valence-electron chi connectivity index (χ3n) is 2.63. The molecule has 0 spiro atoms. The molecule has 0 atom stereocenters. The lowest BCUT2D eigenvalue weighted by molar-refractivity contribution is -0.149. The van der Waals surface area contributed by atoms with Gasteiger partial charge in [-0.25, -0.2) is 13.2 Å². The molecule has 6 nitrogen and oxygen atoms in total. The number of carbonyl (C=O) groups is 2. The Kier molecular flexibility index (Phi) is 6.30. The van der Waals surface area contributed by atoms with Crippen molar-refractivity contribution in [2.45, 2.75) is 18.2 Å². The second-order valence-electron chi connectivity index (χ2n) is 4.73. The van der Waals surface area contributed by atoms with Crippen LogP contribution in [0.4, 0.5) is 0 Å². The Bertz CT molecular complexity index is 658. The zero-order valence-electron chi connectivity index (χ0n) is 12.5. The molecule has 0 unspecified atom stereocenters. The van der Waals surface area contributed by atoms with Gasteiger partial charge >= 0.3 is 11.9 Å². The Morgan fingerprint density at radius 1 is 1.09 bits per heavy atom. The second kappa shape index (κ2) is 7.74. The van der Waals surface area contributed by atoms with Gasteiger partial charge < -0.3 is 9.47 Å².